The lowest BCUT2D eigenvalue weighted by atomic mass is 10.1. The molecule has 2 heterocycles. The van der Waals surface area contributed by atoms with Crippen LogP contribution in [0.4, 0.5) is 10.6 Å². The number of hydrogen-bond acceptors (Lipinski definition) is 7. The third-order valence-corrected chi connectivity index (χ3v) is 5.07. The molecule has 1 aliphatic rings. The van der Waals surface area contributed by atoms with Gasteiger partial charge in [0.2, 0.25) is 5.91 Å². The van der Waals surface area contributed by atoms with Crippen LogP contribution in [-0.2, 0) is 9.53 Å². The smallest absolute Gasteiger partial charge is 0.404 e. The maximum absolute atomic E-state index is 12.4. The number of amides is 2. The van der Waals surface area contributed by atoms with E-state index in [4.69, 9.17) is 19.6 Å². The maximum Gasteiger partial charge on any atom is 0.404 e. The van der Waals surface area contributed by atoms with Gasteiger partial charge in [-0.1, -0.05) is 13.8 Å². The molecule has 1 aromatic rings. The number of rotatable bonds is 9. The Morgan fingerprint density at radius 2 is 2.13 bits per heavy atom. The van der Waals surface area contributed by atoms with Crippen molar-refractivity contribution in [1.82, 2.24) is 15.2 Å². The van der Waals surface area contributed by atoms with Crippen molar-refractivity contribution in [3.8, 4) is 11.8 Å². The highest BCUT2D eigenvalue weighted by Gasteiger charge is 2.29. The molecular formula is C21H31N5O5. The van der Waals surface area contributed by atoms with Gasteiger partial charge in [-0.15, -0.1) is 0 Å². The minimum atomic E-state index is -1.12. The lowest BCUT2D eigenvalue weighted by Crippen LogP contribution is -2.54. The molecule has 0 saturated carbocycles. The van der Waals surface area contributed by atoms with Crippen LogP contribution >= 0.6 is 0 Å². The molecule has 10 nitrogen and oxygen atoms in total. The number of hydrogen-bond donors (Lipinski definition) is 2. The molecule has 0 aromatic carbocycles. The number of carbonyl (C=O) groups excluding carboxylic acids is 1. The Kier molecular flexibility index (Phi) is 8.88. The topological polar surface area (TPSA) is 128 Å². The van der Waals surface area contributed by atoms with Gasteiger partial charge in [-0.2, -0.15) is 5.26 Å². The van der Waals surface area contributed by atoms with Crippen LogP contribution in [-0.4, -0.2) is 79.5 Å². The number of methoxy groups -OCH3 is 1. The highest BCUT2D eigenvalue weighted by Crippen LogP contribution is 2.31. The van der Waals surface area contributed by atoms with Gasteiger partial charge in [0.1, 0.15) is 24.2 Å². The highest BCUT2D eigenvalue weighted by molar-refractivity contribution is 5.77. The molecule has 2 N–H and O–H groups in total. The van der Waals surface area contributed by atoms with Crippen LogP contribution in [0.25, 0.3) is 0 Å². The largest absolute Gasteiger partial charge is 0.490 e. The van der Waals surface area contributed by atoms with Crippen LogP contribution in [0.3, 0.4) is 0 Å². The lowest BCUT2D eigenvalue weighted by Gasteiger charge is -2.41. The highest BCUT2D eigenvalue weighted by atomic mass is 16.5. The number of anilines is 1. The van der Waals surface area contributed by atoms with Crippen LogP contribution in [0.2, 0.25) is 0 Å². The van der Waals surface area contributed by atoms with Crippen LogP contribution < -0.4 is 15.0 Å². The number of carbonyl (C=O) groups is 2. The zero-order valence-corrected chi connectivity index (χ0v) is 18.6. The van der Waals surface area contributed by atoms with Crippen molar-refractivity contribution in [3.05, 3.63) is 17.3 Å². The fourth-order valence-corrected chi connectivity index (χ4v) is 3.52. The molecule has 2 rings (SSSR count). The molecule has 2 amide bonds. The number of aromatic nitrogens is 1. The molecule has 0 radical (unpaired) electrons. The second-order valence-corrected chi connectivity index (χ2v) is 7.71. The van der Waals surface area contributed by atoms with Gasteiger partial charge in [0, 0.05) is 38.9 Å². The molecule has 0 aliphatic carbocycles. The monoisotopic (exact) mass is 433 g/mol. The first kappa shape index (κ1) is 24.2. The van der Waals surface area contributed by atoms with Gasteiger partial charge in [0.15, 0.2) is 0 Å². The molecule has 0 spiro atoms. The van der Waals surface area contributed by atoms with Crippen LogP contribution in [0, 0.1) is 11.3 Å². The zero-order chi connectivity index (χ0) is 23.0. The van der Waals surface area contributed by atoms with Gasteiger partial charge in [0.25, 0.3) is 0 Å². The van der Waals surface area contributed by atoms with E-state index in [0.29, 0.717) is 55.5 Å². The summed E-state index contributed by atoms with van der Waals surface area (Å²) in [6.45, 7) is 8.31. The Morgan fingerprint density at radius 1 is 1.39 bits per heavy atom. The molecule has 1 fully saturated rings. The summed E-state index contributed by atoms with van der Waals surface area (Å²) in [6, 6.07) is 3.84. The lowest BCUT2D eigenvalue weighted by molar-refractivity contribution is -0.134. The van der Waals surface area contributed by atoms with Crippen LogP contribution in [0.5, 0.6) is 5.75 Å². The average Bonchev–Trinajstić information content (AvgIpc) is 2.74. The first-order valence-corrected chi connectivity index (χ1v) is 10.4. The normalized spacial score (nSPS) is 16.2. The number of nitriles is 1. The third kappa shape index (κ3) is 6.46. The van der Waals surface area contributed by atoms with Crippen molar-refractivity contribution in [2.45, 2.75) is 39.2 Å². The van der Waals surface area contributed by atoms with E-state index < -0.39 is 6.09 Å². The average molecular weight is 434 g/mol. The molecule has 31 heavy (non-hydrogen) atoms. The number of carboxylic acid groups (broad SMARTS) is 1. The Balaban J connectivity index is 2.19. The molecular weight excluding hydrogens is 402 g/mol. The van der Waals surface area contributed by atoms with Crippen molar-refractivity contribution >= 4 is 17.8 Å². The quantitative estimate of drug-likeness (QED) is 0.564. The fraction of sp³-hybridized carbons (Fsp3) is 0.619. The Hall–Kier alpha value is -3.06. The van der Waals surface area contributed by atoms with Gasteiger partial charge in [0.05, 0.1) is 30.8 Å². The van der Waals surface area contributed by atoms with Crippen molar-refractivity contribution in [2.75, 3.05) is 51.4 Å². The molecule has 10 heteroatoms. The molecule has 170 valence electrons. The number of nitrogens with one attached hydrogen (secondary N) is 1. The van der Waals surface area contributed by atoms with E-state index in [1.807, 2.05) is 30.6 Å². The third-order valence-electron chi connectivity index (χ3n) is 5.07. The van der Waals surface area contributed by atoms with Crippen LogP contribution in [0.15, 0.2) is 6.07 Å². The zero-order valence-electron chi connectivity index (χ0n) is 18.6. The van der Waals surface area contributed by atoms with Crippen molar-refractivity contribution in [1.29, 1.82) is 5.26 Å². The summed E-state index contributed by atoms with van der Waals surface area (Å²) >= 11 is 0. The van der Waals surface area contributed by atoms with Gasteiger partial charge in [-0.25, -0.2) is 9.78 Å². The van der Waals surface area contributed by atoms with E-state index in [1.165, 1.54) is 0 Å². The first-order chi connectivity index (χ1) is 14.8. The van der Waals surface area contributed by atoms with Crippen molar-refractivity contribution in [3.63, 3.8) is 0 Å². The van der Waals surface area contributed by atoms with Crippen LogP contribution in [0.1, 0.15) is 44.4 Å². The molecule has 0 bridgehead atoms. The number of pyridine rings is 1. The molecule has 1 saturated heterocycles. The summed E-state index contributed by atoms with van der Waals surface area (Å²) < 4.78 is 10.7. The summed E-state index contributed by atoms with van der Waals surface area (Å²) in [6.07, 6.45) is -0.768. The minimum absolute atomic E-state index is 0.0213. The first-order valence-electron chi connectivity index (χ1n) is 10.4. The summed E-state index contributed by atoms with van der Waals surface area (Å²) in [5.41, 5.74) is 1.09. The number of nitrogens with zero attached hydrogens (tertiary/aromatic N) is 4. The Morgan fingerprint density at radius 3 is 2.71 bits per heavy atom. The molecule has 1 unspecified atom stereocenters. The van der Waals surface area contributed by atoms with E-state index in [9.17, 15) is 14.9 Å². The summed E-state index contributed by atoms with van der Waals surface area (Å²) in [5, 5.41) is 20.6. The molecule has 1 aromatic heterocycles. The Bertz CT molecular complexity index is 823. The number of ether oxygens (including phenoxy) is 2. The maximum atomic E-state index is 12.4. The molecule has 1 atom stereocenters. The summed E-state index contributed by atoms with van der Waals surface area (Å²) in [5.74, 6) is 1.16. The standard InChI is InChI=1S/C21H31N5O5/c1-14(2)19-17(31-10-6-23-21(28)29)11-16(12-22)20(24-19)25-7-8-26(15(3)13-25)18(27)5-9-30-4/h11,14-15,23H,5-10,13H2,1-4H3,(H,28,29). The van der Waals surface area contributed by atoms with Gasteiger partial charge in [-0.3, -0.25) is 4.79 Å². The van der Waals surface area contributed by atoms with E-state index in [0.717, 1.165) is 0 Å². The number of piperazine rings is 1. The van der Waals surface area contributed by atoms with Gasteiger partial charge in [-0.05, 0) is 12.8 Å². The SMILES string of the molecule is COCCC(=O)N1CCN(c2nc(C(C)C)c(OCCNC(=O)O)cc2C#N)CC1C. The Labute approximate surface area is 182 Å². The predicted octanol–water partition coefficient (Wildman–Crippen LogP) is 1.80. The van der Waals surface area contributed by atoms with Gasteiger partial charge >= 0.3 is 6.09 Å². The second-order valence-electron chi connectivity index (χ2n) is 7.71. The van der Waals surface area contributed by atoms with E-state index >= 15 is 0 Å². The van der Waals surface area contributed by atoms with E-state index in [2.05, 4.69) is 11.4 Å². The van der Waals surface area contributed by atoms with E-state index in [1.54, 1.807) is 13.2 Å². The van der Waals surface area contributed by atoms with E-state index in [-0.39, 0.29) is 31.0 Å². The summed E-state index contributed by atoms with van der Waals surface area (Å²) in [7, 11) is 1.58. The fourth-order valence-electron chi connectivity index (χ4n) is 3.52. The predicted molar refractivity (Wildman–Crippen MR) is 114 cm³/mol. The minimum Gasteiger partial charge on any atom is -0.490 e. The van der Waals surface area contributed by atoms with Gasteiger partial charge < -0.3 is 29.7 Å². The van der Waals surface area contributed by atoms with Crippen molar-refractivity contribution in [2.24, 2.45) is 0 Å². The molecule has 1 aliphatic heterocycles. The summed E-state index contributed by atoms with van der Waals surface area (Å²) in [4.78, 5) is 31.6. The second kappa shape index (κ2) is 11.4. The van der Waals surface area contributed by atoms with Crippen molar-refractivity contribution < 1.29 is 24.2 Å².